The van der Waals surface area contributed by atoms with Gasteiger partial charge in [0.2, 0.25) is 0 Å². The van der Waals surface area contributed by atoms with E-state index < -0.39 is 5.97 Å². The fourth-order valence-electron chi connectivity index (χ4n) is 3.22. The van der Waals surface area contributed by atoms with E-state index in [1.165, 1.54) is 5.56 Å². The van der Waals surface area contributed by atoms with Crippen LogP contribution < -0.4 is 17.0 Å². The lowest BCUT2D eigenvalue weighted by Gasteiger charge is -2.00. The van der Waals surface area contributed by atoms with Crippen molar-refractivity contribution in [1.82, 2.24) is 4.57 Å². The number of ether oxygens (including phenoxy) is 1. The van der Waals surface area contributed by atoms with Crippen LogP contribution in [0.4, 0.5) is 0 Å². The highest BCUT2D eigenvalue weighted by Crippen LogP contribution is 2.25. The van der Waals surface area contributed by atoms with E-state index in [4.69, 9.17) is 4.74 Å². The zero-order valence-corrected chi connectivity index (χ0v) is 15.4. The summed E-state index contributed by atoms with van der Waals surface area (Å²) in [6.07, 6.45) is 3.91. The van der Waals surface area contributed by atoms with E-state index in [1.54, 1.807) is 6.92 Å². The summed E-state index contributed by atoms with van der Waals surface area (Å²) in [5.41, 5.74) is 3.51. The molecule has 5 nitrogen and oxygen atoms in total. The van der Waals surface area contributed by atoms with Crippen LogP contribution >= 0.6 is 0 Å². The highest BCUT2D eigenvalue weighted by atomic mass is 35.5. The van der Waals surface area contributed by atoms with Gasteiger partial charge in [-0.1, -0.05) is 29.8 Å². The van der Waals surface area contributed by atoms with Crippen molar-refractivity contribution in [2.24, 2.45) is 0 Å². The molecule has 0 saturated heterocycles. The van der Waals surface area contributed by atoms with E-state index in [9.17, 15) is 9.59 Å². The van der Waals surface area contributed by atoms with Crippen LogP contribution in [0.15, 0.2) is 30.5 Å². The maximum absolute atomic E-state index is 12.2. The number of ketones is 1. The molecule has 0 saturated carbocycles. The standard InChI is InChI=1S/C19H23N2O3.ClH/c1-3-24-19(23)11-16(22)12-20-13-17(21-10-4-5-18(20)21)15-8-6-14(2)7-9-15;/h6-9,13H,3-5,10-12H2,1-2H3;1H/q+1;/p-1. The van der Waals surface area contributed by atoms with E-state index in [1.807, 2.05) is 10.8 Å². The molecule has 0 N–H and O–H groups in total. The average Bonchev–Trinajstić information content (AvgIpc) is 3.12. The van der Waals surface area contributed by atoms with Gasteiger partial charge in [0.25, 0.3) is 5.82 Å². The number of aryl methyl sites for hydroxylation is 1. The lowest BCUT2D eigenvalue weighted by molar-refractivity contribution is -0.690. The van der Waals surface area contributed by atoms with Gasteiger partial charge in [-0.2, -0.15) is 0 Å². The van der Waals surface area contributed by atoms with Gasteiger partial charge in [-0.05, 0) is 20.3 Å². The van der Waals surface area contributed by atoms with Crippen LogP contribution in [0.1, 0.15) is 31.2 Å². The molecular weight excluding hydrogens is 340 g/mol. The fourth-order valence-corrected chi connectivity index (χ4v) is 3.22. The van der Waals surface area contributed by atoms with Gasteiger partial charge < -0.3 is 17.1 Å². The number of aromatic nitrogens is 2. The molecule has 1 aliphatic heterocycles. The molecule has 6 heteroatoms. The molecule has 0 spiro atoms. The lowest BCUT2D eigenvalue weighted by Crippen LogP contribution is -3.00. The van der Waals surface area contributed by atoms with Gasteiger partial charge in [0.05, 0.1) is 19.6 Å². The number of fused-ring (bicyclic) bond motifs is 1. The molecule has 0 fully saturated rings. The van der Waals surface area contributed by atoms with Gasteiger partial charge >= 0.3 is 5.97 Å². The second-order valence-electron chi connectivity index (χ2n) is 6.20. The molecule has 1 aromatic heterocycles. The number of esters is 1. The van der Waals surface area contributed by atoms with Crippen LogP contribution in [0.25, 0.3) is 11.3 Å². The van der Waals surface area contributed by atoms with Crippen LogP contribution in [0.5, 0.6) is 0 Å². The summed E-state index contributed by atoms with van der Waals surface area (Å²) >= 11 is 0. The Kier molecular flexibility index (Phi) is 6.37. The van der Waals surface area contributed by atoms with Gasteiger partial charge in [0, 0.05) is 5.56 Å². The smallest absolute Gasteiger partial charge is 0.313 e. The summed E-state index contributed by atoms with van der Waals surface area (Å²) in [6.45, 7) is 5.31. The largest absolute Gasteiger partial charge is 1.00 e. The first-order valence-electron chi connectivity index (χ1n) is 8.44. The Labute approximate surface area is 154 Å². The molecule has 0 unspecified atom stereocenters. The van der Waals surface area contributed by atoms with Crippen molar-refractivity contribution < 1.29 is 31.3 Å². The first kappa shape index (κ1) is 19.2. The summed E-state index contributed by atoms with van der Waals surface area (Å²) in [6, 6.07) is 8.42. The molecule has 134 valence electrons. The van der Waals surface area contributed by atoms with Gasteiger partial charge in [-0.25, -0.2) is 9.13 Å². The summed E-state index contributed by atoms with van der Waals surface area (Å²) in [7, 11) is 0. The molecule has 2 aromatic rings. The quantitative estimate of drug-likeness (QED) is 0.385. The van der Waals surface area contributed by atoms with Crippen molar-refractivity contribution in [2.75, 3.05) is 6.61 Å². The number of carbonyl (C=O) groups excluding carboxylic acids is 2. The van der Waals surface area contributed by atoms with Crippen molar-refractivity contribution >= 4 is 11.8 Å². The normalized spacial score (nSPS) is 12.4. The Balaban J connectivity index is 0.00000225. The van der Waals surface area contributed by atoms with Gasteiger partial charge in [-0.15, -0.1) is 0 Å². The molecule has 2 heterocycles. The Morgan fingerprint density at radius 2 is 1.96 bits per heavy atom. The topological polar surface area (TPSA) is 52.2 Å². The molecule has 1 aromatic carbocycles. The molecule has 25 heavy (non-hydrogen) atoms. The zero-order chi connectivity index (χ0) is 17.1. The Bertz CT molecular complexity index is 766. The number of Topliss-reactive ketones (excluding diaryl/α,β-unsaturated/α-hetero) is 1. The molecule has 3 rings (SSSR count). The Hall–Kier alpha value is -2.14. The fraction of sp³-hybridized carbons (Fsp3) is 0.421. The highest BCUT2D eigenvalue weighted by Gasteiger charge is 2.29. The zero-order valence-electron chi connectivity index (χ0n) is 14.6. The molecule has 0 radical (unpaired) electrons. The maximum Gasteiger partial charge on any atom is 0.313 e. The van der Waals surface area contributed by atoms with E-state index in [0.29, 0.717) is 6.61 Å². The molecular formula is C19H23ClN2O3. The summed E-state index contributed by atoms with van der Waals surface area (Å²) in [5.74, 6) is 0.592. The minimum Gasteiger partial charge on any atom is -1.00 e. The van der Waals surface area contributed by atoms with Crippen LogP contribution in [0.3, 0.4) is 0 Å². The monoisotopic (exact) mass is 362 g/mol. The lowest BCUT2D eigenvalue weighted by atomic mass is 10.1. The maximum atomic E-state index is 12.2. The molecule has 0 atom stereocenters. The van der Waals surface area contributed by atoms with Crippen molar-refractivity contribution in [3.63, 3.8) is 0 Å². The molecule has 0 aliphatic carbocycles. The summed E-state index contributed by atoms with van der Waals surface area (Å²) in [4.78, 5) is 23.6. The van der Waals surface area contributed by atoms with Crippen LogP contribution in [0.2, 0.25) is 0 Å². The average molecular weight is 363 g/mol. The number of hydrogen-bond acceptors (Lipinski definition) is 3. The van der Waals surface area contributed by atoms with Crippen molar-refractivity contribution in [3.8, 4) is 11.3 Å². The minimum atomic E-state index is -0.447. The SMILES string of the molecule is CCOC(=O)CC(=O)C[n+]1cc(-c2ccc(C)cc2)n2c1CCC2.[Cl-]. The Morgan fingerprint density at radius 1 is 1.24 bits per heavy atom. The van der Waals surface area contributed by atoms with E-state index in [-0.39, 0.29) is 31.2 Å². The van der Waals surface area contributed by atoms with Crippen molar-refractivity contribution in [3.05, 3.63) is 41.9 Å². The third kappa shape index (κ3) is 4.28. The predicted octanol–water partition coefficient (Wildman–Crippen LogP) is -0.776. The minimum absolute atomic E-state index is 0. The van der Waals surface area contributed by atoms with E-state index >= 15 is 0 Å². The first-order valence-corrected chi connectivity index (χ1v) is 8.44. The molecule has 1 aliphatic rings. The number of nitrogens with zero attached hydrogens (tertiary/aromatic N) is 2. The molecule has 0 bridgehead atoms. The summed E-state index contributed by atoms with van der Waals surface area (Å²) in [5, 5.41) is 0. The van der Waals surface area contributed by atoms with Gasteiger partial charge in [-0.3, -0.25) is 9.59 Å². The number of imidazole rings is 1. The molecule has 0 amide bonds. The van der Waals surface area contributed by atoms with E-state index in [0.717, 1.165) is 36.5 Å². The number of carbonyl (C=O) groups is 2. The van der Waals surface area contributed by atoms with Gasteiger partial charge in [0.1, 0.15) is 19.2 Å². The van der Waals surface area contributed by atoms with Crippen LogP contribution in [-0.4, -0.2) is 22.9 Å². The second kappa shape index (κ2) is 8.30. The van der Waals surface area contributed by atoms with Crippen LogP contribution in [0, 0.1) is 6.92 Å². The number of rotatable bonds is 6. The van der Waals surface area contributed by atoms with Gasteiger partial charge in [0.15, 0.2) is 11.5 Å². The van der Waals surface area contributed by atoms with Crippen LogP contribution in [-0.2, 0) is 33.8 Å². The predicted molar refractivity (Wildman–Crippen MR) is 89.4 cm³/mol. The van der Waals surface area contributed by atoms with Crippen molar-refractivity contribution in [2.45, 2.75) is 46.2 Å². The third-order valence-electron chi connectivity index (χ3n) is 4.33. The first-order chi connectivity index (χ1) is 11.6. The Morgan fingerprint density at radius 3 is 2.64 bits per heavy atom. The number of halogens is 1. The second-order valence-corrected chi connectivity index (χ2v) is 6.20. The van der Waals surface area contributed by atoms with E-state index in [2.05, 4.69) is 35.8 Å². The summed E-state index contributed by atoms with van der Waals surface area (Å²) < 4.78 is 9.12. The van der Waals surface area contributed by atoms with Crippen molar-refractivity contribution in [1.29, 1.82) is 0 Å². The highest BCUT2D eigenvalue weighted by molar-refractivity contribution is 5.94. The third-order valence-corrected chi connectivity index (χ3v) is 4.33. The number of benzene rings is 1. The number of hydrogen-bond donors (Lipinski definition) is 0.